The molecule has 17 heavy (non-hydrogen) atoms. The van der Waals surface area contributed by atoms with Crippen molar-refractivity contribution in [2.24, 2.45) is 0 Å². The lowest BCUT2D eigenvalue weighted by Crippen LogP contribution is -2.41. The molecular weight excluding hydrogens is 212 g/mol. The fourth-order valence-electron chi connectivity index (χ4n) is 3.14. The predicted octanol–water partition coefficient (Wildman–Crippen LogP) is 1.82. The molecule has 2 atom stereocenters. The Balaban J connectivity index is 1.69. The Morgan fingerprint density at radius 2 is 2.18 bits per heavy atom. The minimum atomic E-state index is 0.574. The van der Waals surface area contributed by atoms with Crippen molar-refractivity contribution in [3.05, 3.63) is 18.1 Å². The highest BCUT2D eigenvalue weighted by atomic mass is 15.2. The second-order valence-electron chi connectivity index (χ2n) is 5.18. The van der Waals surface area contributed by atoms with Crippen LogP contribution in [-0.2, 0) is 0 Å². The summed E-state index contributed by atoms with van der Waals surface area (Å²) in [6.07, 6.45) is 6.97. The number of nitrogens with one attached hydrogen (secondary N) is 1. The fourth-order valence-corrected chi connectivity index (χ4v) is 3.14. The molecule has 2 saturated heterocycles. The normalized spacial score (nSPS) is 29.0. The first-order chi connectivity index (χ1) is 8.33. The van der Waals surface area contributed by atoms with Gasteiger partial charge in [0.25, 0.3) is 0 Å². The first kappa shape index (κ1) is 11.0. The van der Waals surface area contributed by atoms with E-state index in [0.29, 0.717) is 6.04 Å². The zero-order valence-corrected chi connectivity index (χ0v) is 10.4. The molecular formula is C13H20N4. The van der Waals surface area contributed by atoms with Crippen LogP contribution >= 0.6 is 0 Å². The van der Waals surface area contributed by atoms with Crippen molar-refractivity contribution in [1.29, 1.82) is 0 Å². The van der Waals surface area contributed by atoms with Gasteiger partial charge < -0.3 is 5.32 Å². The highest BCUT2D eigenvalue weighted by Crippen LogP contribution is 2.28. The molecule has 1 aromatic heterocycles. The van der Waals surface area contributed by atoms with Gasteiger partial charge in [0.1, 0.15) is 12.1 Å². The van der Waals surface area contributed by atoms with Gasteiger partial charge in [-0.2, -0.15) is 0 Å². The molecule has 2 aliphatic rings. The van der Waals surface area contributed by atoms with Gasteiger partial charge in [-0.1, -0.05) is 6.42 Å². The van der Waals surface area contributed by atoms with E-state index >= 15 is 0 Å². The summed E-state index contributed by atoms with van der Waals surface area (Å²) in [6.45, 7) is 4.53. The summed E-state index contributed by atoms with van der Waals surface area (Å²) in [4.78, 5) is 11.1. The van der Waals surface area contributed by atoms with Crippen LogP contribution in [0.4, 0.5) is 5.82 Å². The zero-order valence-electron chi connectivity index (χ0n) is 10.4. The smallest absolute Gasteiger partial charge is 0.129 e. The van der Waals surface area contributed by atoms with Crippen LogP contribution in [0.2, 0.25) is 0 Å². The molecule has 0 bridgehead atoms. The number of rotatable bonds is 2. The number of fused-ring (bicyclic) bond motifs is 1. The van der Waals surface area contributed by atoms with E-state index in [4.69, 9.17) is 0 Å². The number of nitrogens with zero attached hydrogens (tertiary/aromatic N) is 3. The molecule has 0 amide bonds. The summed E-state index contributed by atoms with van der Waals surface area (Å²) in [5.41, 5.74) is 1.03. The molecule has 2 fully saturated rings. The lowest BCUT2D eigenvalue weighted by molar-refractivity contribution is 0.192. The number of aromatic nitrogens is 2. The van der Waals surface area contributed by atoms with Crippen molar-refractivity contribution >= 4 is 5.82 Å². The highest BCUT2D eigenvalue weighted by Gasteiger charge is 2.35. The average molecular weight is 232 g/mol. The molecule has 3 heterocycles. The summed E-state index contributed by atoms with van der Waals surface area (Å²) < 4.78 is 0. The van der Waals surface area contributed by atoms with Crippen molar-refractivity contribution < 1.29 is 0 Å². The Bertz CT molecular complexity index is 393. The number of anilines is 1. The largest absolute Gasteiger partial charge is 0.366 e. The number of hydrogen-bond acceptors (Lipinski definition) is 4. The molecule has 92 valence electrons. The lowest BCUT2D eigenvalue weighted by atomic mass is 9.99. The van der Waals surface area contributed by atoms with E-state index in [1.165, 1.54) is 38.8 Å². The zero-order chi connectivity index (χ0) is 11.7. The minimum Gasteiger partial charge on any atom is -0.366 e. The summed E-state index contributed by atoms with van der Waals surface area (Å²) in [5.74, 6) is 0.981. The molecule has 1 N–H and O–H groups in total. The van der Waals surface area contributed by atoms with Gasteiger partial charge in [0, 0.05) is 30.4 Å². The number of aryl methyl sites for hydroxylation is 1. The topological polar surface area (TPSA) is 41.0 Å². The molecule has 0 aromatic carbocycles. The quantitative estimate of drug-likeness (QED) is 0.844. The second kappa shape index (κ2) is 4.61. The third-order valence-corrected chi connectivity index (χ3v) is 3.99. The molecule has 0 aliphatic carbocycles. The Morgan fingerprint density at radius 1 is 1.24 bits per heavy atom. The van der Waals surface area contributed by atoms with Gasteiger partial charge in [-0.05, 0) is 32.7 Å². The summed E-state index contributed by atoms with van der Waals surface area (Å²) in [7, 11) is 0. The third kappa shape index (κ3) is 2.27. The van der Waals surface area contributed by atoms with Crippen LogP contribution < -0.4 is 5.32 Å². The summed E-state index contributed by atoms with van der Waals surface area (Å²) >= 11 is 0. The van der Waals surface area contributed by atoms with Crippen molar-refractivity contribution in [2.75, 3.05) is 18.4 Å². The van der Waals surface area contributed by atoms with Gasteiger partial charge in [0.05, 0.1) is 0 Å². The Kier molecular flexibility index (Phi) is 2.97. The molecule has 3 rings (SSSR count). The van der Waals surface area contributed by atoms with E-state index in [0.717, 1.165) is 17.6 Å². The van der Waals surface area contributed by atoms with Gasteiger partial charge >= 0.3 is 0 Å². The van der Waals surface area contributed by atoms with E-state index in [1.54, 1.807) is 6.33 Å². The molecule has 0 radical (unpaired) electrons. The van der Waals surface area contributed by atoms with Crippen LogP contribution in [-0.4, -0.2) is 40.0 Å². The Labute approximate surface area is 102 Å². The maximum atomic E-state index is 4.30. The van der Waals surface area contributed by atoms with Crippen LogP contribution in [0.25, 0.3) is 0 Å². The Morgan fingerprint density at radius 3 is 3.06 bits per heavy atom. The van der Waals surface area contributed by atoms with Crippen molar-refractivity contribution in [3.8, 4) is 0 Å². The summed E-state index contributed by atoms with van der Waals surface area (Å²) in [6, 6.07) is 3.33. The molecule has 4 heteroatoms. The van der Waals surface area contributed by atoms with Gasteiger partial charge in [-0.25, -0.2) is 9.97 Å². The molecule has 4 nitrogen and oxygen atoms in total. The molecule has 2 aliphatic heterocycles. The number of piperidine rings is 1. The first-order valence-electron chi connectivity index (χ1n) is 6.62. The van der Waals surface area contributed by atoms with Crippen LogP contribution in [0.3, 0.4) is 0 Å². The predicted molar refractivity (Wildman–Crippen MR) is 68.0 cm³/mol. The van der Waals surface area contributed by atoms with Gasteiger partial charge in [0.2, 0.25) is 0 Å². The van der Waals surface area contributed by atoms with E-state index in [1.807, 2.05) is 13.0 Å². The minimum absolute atomic E-state index is 0.574. The van der Waals surface area contributed by atoms with E-state index in [-0.39, 0.29) is 0 Å². The molecule has 0 spiro atoms. The monoisotopic (exact) mass is 232 g/mol. The van der Waals surface area contributed by atoms with Crippen LogP contribution in [0.5, 0.6) is 0 Å². The SMILES string of the molecule is Cc1cc(NC2CCN3CCCCC23)ncn1. The fraction of sp³-hybridized carbons (Fsp3) is 0.692. The van der Waals surface area contributed by atoms with Crippen molar-refractivity contribution in [3.63, 3.8) is 0 Å². The van der Waals surface area contributed by atoms with E-state index in [9.17, 15) is 0 Å². The van der Waals surface area contributed by atoms with Crippen molar-refractivity contribution in [1.82, 2.24) is 14.9 Å². The van der Waals surface area contributed by atoms with Crippen LogP contribution in [0, 0.1) is 6.92 Å². The standard InChI is InChI=1S/C13H20N4/c1-10-8-13(15-9-14-10)16-11-5-7-17-6-3-2-4-12(11)17/h8-9,11-12H,2-7H2,1H3,(H,14,15,16). The van der Waals surface area contributed by atoms with E-state index in [2.05, 4.69) is 20.2 Å². The average Bonchev–Trinajstić information content (AvgIpc) is 2.73. The third-order valence-electron chi connectivity index (χ3n) is 3.99. The van der Waals surface area contributed by atoms with Gasteiger partial charge in [0.15, 0.2) is 0 Å². The lowest BCUT2D eigenvalue weighted by Gasteiger charge is -2.32. The second-order valence-corrected chi connectivity index (χ2v) is 5.18. The molecule has 1 aromatic rings. The maximum absolute atomic E-state index is 4.30. The molecule has 2 unspecified atom stereocenters. The van der Waals surface area contributed by atoms with Crippen molar-refractivity contribution in [2.45, 2.75) is 44.7 Å². The first-order valence-corrected chi connectivity index (χ1v) is 6.62. The van der Waals surface area contributed by atoms with Gasteiger partial charge in [-0.3, -0.25) is 4.90 Å². The summed E-state index contributed by atoms with van der Waals surface area (Å²) in [5, 5.41) is 3.59. The van der Waals surface area contributed by atoms with Gasteiger partial charge in [-0.15, -0.1) is 0 Å². The maximum Gasteiger partial charge on any atom is 0.129 e. The Hall–Kier alpha value is -1.16. The number of hydrogen-bond donors (Lipinski definition) is 1. The van der Waals surface area contributed by atoms with Crippen LogP contribution in [0.15, 0.2) is 12.4 Å². The van der Waals surface area contributed by atoms with Crippen LogP contribution in [0.1, 0.15) is 31.4 Å². The highest BCUT2D eigenvalue weighted by molar-refractivity contribution is 5.36. The van der Waals surface area contributed by atoms with E-state index < -0.39 is 0 Å². The molecule has 0 saturated carbocycles.